The van der Waals surface area contributed by atoms with Crippen LogP contribution in [0.15, 0.2) is 53.3 Å². The van der Waals surface area contributed by atoms with Crippen molar-refractivity contribution in [2.24, 2.45) is 0 Å². The molecule has 0 amide bonds. The molecule has 0 saturated heterocycles. The Morgan fingerprint density at radius 1 is 1.03 bits per heavy atom. The number of nitrogens with zero attached hydrogens (tertiary/aromatic N) is 2. The maximum absolute atomic E-state index is 12.3. The fourth-order valence-electron chi connectivity index (χ4n) is 4.60. The van der Waals surface area contributed by atoms with Crippen LogP contribution >= 0.6 is 0 Å². The number of carbonyl (C=O) groups is 1. The number of hydrogen-bond acceptors (Lipinski definition) is 4. The van der Waals surface area contributed by atoms with Gasteiger partial charge < -0.3 is 10.1 Å². The minimum atomic E-state index is -0.947. The third-order valence-electron chi connectivity index (χ3n) is 6.30. The fraction of sp³-hybridized carbons (Fsp3) is 0.280. The third kappa shape index (κ3) is 3.82. The minimum Gasteiger partial charge on any atom is -0.478 e. The van der Waals surface area contributed by atoms with Crippen LogP contribution in [-0.2, 0) is 6.42 Å². The van der Waals surface area contributed by atoms with Crippen LogP contribution in [0, 0.1) is 0 Å². The van der Waals surface area contributed by atoms with Crippen LogP contribution in [0.4, 0.5) is 0 Å². The second-order valence-electron chi connectivity index (χ2n) is 8.40. The molecular weight excluding hydrogens is 404 g/mol. The van der Waals surface area contributed by atoms with E-state index in [2.05, 4.69) is 15.2 Å². The molecule has 0 spiro atoms. The average molecular weight is 428 g/mol. The Hall–Kier alpha value is -3.74. The maximum atomic E-state index is 12.3. The lowest BCUT2D eigenvalue weighted by atomic mass is 9.89. The number of rotatable bonds is 5. The van der Waals surface area contributed by atoms with Crippen LogP contribution in [-0.4, -0.2) is 31.2 Å². The highest BCUT2D eigenvalue weighted by molar-refractivity contribution is 5.96. The summed E-state index contributed by atoms with van der Waals surface area (Å²) in [6.07, 6.45) is 6.36. The van der Waals surface area contributed by atoms with Crippen molar-refractivity contribution in [2.45, 2.75) is 44.4 Å². The summed E-state index contributed by atoms with van der Waals surface area (Å²) in [6, 6.07) is 14.7. The number of benzene rings is 2. The second kappa shape index (κ2) is 8.42. The highest BCUT2D eigenvalue weighted by atomic mass is 16.4. The number of imidazole rings is 1. The maximum Gasteiger partial charge on any atom is 0.336 e. The number of carboxylic acid groups (broad SMARTS) is 1. The predicted octanol–water partition coefficient (Wildman–Crippen LogP) is 4.65. The molecule has 32 heavy (non-hydrogen) atoms. The molecule has 7 heteroatoms. The van der Waals surface area contributed by atoms with Gasteiger partial charge >= 0.3 is 5.97 Å². The summed E-state index contributed by atoms with van der Waals surface area (Å²) < 4.78 is 0. The van der Waals surface area contributed by atoms with Gasteiger partial charge in [-0.1, -0.05) is 61.7 Å². The highest BCUT2D eigenvalue weighted by Gasteiger charge is 2.21. The number of fused-ring (bicyclic) bond motifs is 1. The van der Waals surface area contributed by atoms with Gasteiger partial charge in [-0.2, -0.15) is 5.10 Å². The molecule has 0 atom stereocenters. The first-order chi connectivity index (χ1) is 15.6. The molecule has 1 saturated carbocycles. The summed E-state index contributed by atoms with van der Waals surface area (Å²) in [4.78, 5) is 31.9. The summed E-state index contributed by atoms with van der Waals surface area (Å²) in [5.74, 6) is 0.314. The number of carboxylic acids is 1. The molecule has 1 aliphatic rings. The molecule has 4 aromatic rings. The lowest BCUT2D eigenvalue weighted by molar-refractivity contribution is 0.0697. The van der Waals surface area contributed by atoms with Gasteiger partial charge in [0.1, 0.15) is 16.9 Å². The van der Waals surface area contributed by atoms with Crippen LogP contribution in [0.25, 0.3) is 22.2 Å². The van der Waals surface area contributed by atoms with E-state index in [-0.39, 0.29) is 11.1 Å². The van der Waals surface area contributed by atoms with Crippen molar-refractivity contribution in [3.8, 4) is 11.1 Å². The first-order valence-corrected chi connectivity index (χ1v) is 11.0. The van der Waals surface area contributed by atoms with E-state index in [1.54, 1.807) is 12.1 Å². The van der Waals surface area contributed by atoms with Crippen molar-refractivity contribution < 1.29 is 9.90 Å². The number of aromatic carboxylic acids is 1. The van der Waals surface area contributed by atoms with Gasteiger partial charge in [0.15, 0.2) is 0 Å². The number of aromatic amines is 2. The molecule has 3 N–H and O–H groups in total. The number of H-pyrrole nitrogens is 2. The van der Waals surface area contributed by atoms with Crippen molar-refractivity contribution in [2.75, 3.05) is 0 Å². The largest absolute Gasteiger partial charge is 0.478 e. The lowest BCUT2D eigenvalue weighted by Crippen LogP contribution is -2.11. The Morgan fingerprint density at radius 2 is 1.78 bits per heavy atom. The summed E-state index contributed by atoms with van der Waals surface area (Å²) >= 11 is 0. The minimum absolute atomic E-state index is 0.251. The van der Waals surface area contributed by atoms with Crippen LogP contribution in [0.3, 0.4) is 0 Å². The lowest BCUT2D eigenvalue weighted by Gasteiger charge is -2.18. The van der Waals surface area contributed by atoms with Crippen molar-refractivity contribution in [3.05, 3.63) is 81.5 Å². The molecule has 0 unspecified atom stereocenters. The Morgan fingerprint density at radius 3 is 2.53 bits per heavy atom. The Balaban J connectivity index is 1.45. The topological polar surface area (TPSA) is 112 Å². The van der Waals surface area contributed by atoms with Crippen molar-refractivity contribution in [1.82, 2.24) is 20.2 Å². The number of nitrogens with one attached hydrogen (secondary N) is 2. The molecule has 1 aliphatic carbocycles. The molecular formula is C25H24N4O3. The molecule has 0 radical (unpaired) electrons. The number of aromatic nitrogens is 4. The molecule has 162 valence electrons. The standard InChI is InChI=1S/C25H24N4O3/c30-24-22-21(26-23(27-22)17-6-2-1-3-7-17)20(28-29-24)14-15-10-12-16(13-11-15)18-8-4-5-9-19(18)25(31)32/h4-5,8-13,17H,1-3,6-7,14H2,(H,26,27)(H,29,30)(H,31,32). The van der Waals surface area contributed by atoms with Gasteiger partial charge in [-0.25, -0.2) is 14.9 Å². The second-order valence-corrected chi connectivity index (χ2v) is 8.40. The van der Waals surface area contributed by atoms with E-state index >= 15 is 0 Å². The summed E-state index contributed by atoms with van der Waals surface area (Å²) in [5.41, 5.74) is 4.39. The molecule has 2 aromatic carbocycles. The molecule has 0 bridgehead atoms. The van der Waals surface area contributed by atoms with E-state index in [9.17, 15) is 14.7 Å². The first-order valence-electron chi connectivity index (χ1n) is 11.0. The van der Waals surface area contributed by atoms with E-state index in [1.807, 2.05) is 36.4 Å². The molecule has 2 aromatic heterocycles. The fourth-order valence-corrected chi connectivity index (χ4v) is 4.60. The van der Waals surface area contributed by atoms with Crippen LogP contribution < -0.4 is 5.56 Å². The van der Waals surface area contributed by atoms with Gasteiger partial charge in [0, 0.05) is 12.3 Å². The number of hydrogen-bond donors (Lipinski definition) is 3. The van der Waals surface area contributed by atoms with Gasteiger partial charge in [-0.05, 0) is 35.6 Å². The molecule has 1 fully saturated rings. The first kappa shape index (κ1) is 20.2. The van der Waals surface area contributed by atoms with Gasteiger partial charge in [0.25, 0.3) is 5.56 Å². The molecule has 7 nitrogen and oxygen atoms in total. The normalized spacial score (nSPS) is 14.6. The summed E-state index contributed by atoms with van der Waals surface area (Å²) in [7, 11) is 0. The zero-order valence-corrected chi connectivity index (χ0v) is 17.6. The van der Waals surface area contributed by atoms with E-state index in [0.29, 0.717) is 28.9 Å². The monoisotopic (exact) mass is 428 g/mol. The van der Waals surface area contributed by atoms with Crippen molar-refractivity contribution in [3.63, 3.8) is 0 Å². The van der Waals surface area contributed by atoms with Crippen molar-refractivity contribution in [1.29, 1.82) is 0 Å². The smallest absolute Gasteiger partial charge is 0.336 e. The van der Waals surface area contributed by atoms with Crippen molar-refractivity contribution >= 4 is 17.0 Å². The summed E-state index contributed by atoms with van der Waals surface area (Å²) in [5, 5.41) is 16.3. The van der Waals surface area contributed by atoms with Gasteiger partial charge in [-0.15, -0.1) is 0 Å². The van der Waals surface area contributed by atoms with E-state index in [0.717, 1.165) is 35.5 Å². The highest BCUT2D eigenvalue weighted by Crippen LogP contribution is 2.32. The van der Waals surface area contributed by atoms with E-state index in [1.165, 1.54) is 19.3 Å². The Bertz CT molecular complexity index is 1330. The molecule has 0 aliphatic heterocycles. The quantitative estimate of drug-likeness (QED) is 0.428. The summed E-state index contributed by atoms with van der Waals surface area (Å²) in [6.45, 7) is 0. The molecule has 2 heterocycles. The SMILES string of the molecule is O=C(O)c1ccccc1-c1ccc(Cc2n[nH]c(=O)c3[nH]c(C4CCCCC4)nc23)cc1. The zero-order chi connectivity index (χ0) is 22.1. The van der Waals surface area contributed by atoms with Crippen LogP contribution in [0.1, 0.15) is 65.5 Å². The average Bonchev–Trinajstić information content (AvgIpc) is 3.29. The zero-order valence-electron chi connectivity index (χ0n) is 17.6. The van der Waals surface area contributed by atoms with Crippen LogP contribution in [0.5, 0.6) is 0 Å². The van der Waals surface area contributed by atoms with Gasteiger partial charge in [0.05, 0.1) is 11.3 Å². The van der Waals surface area contributed by atoms with E-state index < -0.39 is 5.97 Å². The molecule has 5 rings (SSSR count). The van der Waals surface area contributed by atoms with E-state index in [4.69, 9.17) is 4.98 Å². The predicted molar refractivity (Wildman–Crippen MR) is 122 cm³/mol. The van der Waals surface area contributed by atoms with Gasteiger partial charge in [0.2, 0.25) is 0 Å². The third-order valence-corrected chi connectivity index (χ3v) is 6.30. The Labute approximate surface area is 184 Å². The van der Waals surface area contributed by atoms with Gasteiger partial charge in [-0.3, -0.25) is 4.79 Å². The Kier molecular flexibility index (Phi) is 5.31. The van der Waals surface area contributed by atoms with Crippen LogP contribution in [0.2, 0.25) is 0 Å².